The first-order valence-electron chi connectivity index (χ1n) is 5.33. The third kappa shape index (κ3) is 4.29. The van der Waals surface area contributed by atoms with E-state index < -0.39 is 11.9 Å². The first kappa shape index (κ1) is 13.8. The van der Waals surface area contributed by atoms with Crippen molar-refractivity contribution < 1.29 is 19.4 Å². The van der Waals surface area contributed by atoms with Gasteiger partial charge in [0.2, 0.25) is 5.91 Å². The molecule has 0 aliphatic rings. The van der Waals surface area contributed by atoms with Crippen LogP contribution in [0.1, 0.15) is 12.5 Å². The second kappa shape index (κ2) is 6.44. The van der Waals surface area contributed by atoms with E-state index >= 15 is 0 Å². The average Bonchev–Trinajstić information content (AvgIpc) is 2.35. The van der Waals surface area contributed by atoms with Gasteiger partial charge in [0, 0.05) is 12.1 Å². The number of carboxylic acid groups (broad SMARTS) is 1. The molecule has 0 saturated carbocycles. The maximum atomic E-state index is 11.5. The van der Waals surface area contributed by atoms with Crippen molar-refractivity contribution >= 4 is 11.9 Å². The Hall–Kier alpha value is -2.30. The van der Waals surface area contributed by atoms with E-state index in [1.165, 1.54) is 6.92 Å². The van der Waals surface area contributed by atoms with Crippen molar-refractivity contribution in [3.05, 3.63) is 41.5 Å². The Bertz CT molecular complexity index is 462. The maximum Gasteiger partial charge on any atom is 0.247 e. The standard InChI is InChI=1S/C13H15NO4/c1-9(7-12(15)16)13(17)14-8-10-3-5-11(18-2)6-4-10/h3-7H,8H2,1-2H3,(H,14,17)(H,15,16)/p-1/b9-7+. The molecular formula is C13H14NO4-. The molecule has 0 atom stereocenters. The Morgan fingerprint density at radius 3 is 2.44 bits per heavy atom. The van der Waals surface area contributed by atoms with Gasteiger partial charge in [-0.3, -0.25) is 4.79 Å². The van der Waals surface area contributed by atoms with Crippen LogP contribution in [0.15, 0.2) is 35.9 Å². The van der Waals surface area contributed by atoms with E-state index in [0.717, 1.165) is 17.4 Å². The molecule has 1 aromatic carbocycles. The predicted octanol–water partition coefficient (Wildman–Crippen LogP) is 0.00760. The van der Waals surface area contributed by atoms with Crippen LogP contribution >= 0.6 is 0 Å². The highest BCUT2D eigenvalue weighted by Gasteiger charge is 2.03. The molecule has 0 aliphatic heterocycles. The van der Waals surface area contributed by atoms with E-state index in [1.54, 1.807) is 19.2 Å². The molecule has 0 aromatic heterocycles. The summed E-state index contributed by atoms with van der Waals surface area (Å²) in [7, 11) is 1.57. The lowest BCUT2D eigenvalue weighted by Crippen LogP contribution is -2.26. The molecule has 1 N–H and O–H groups in total. The maximum absolute atomic E-state index is 11.5. The number of nitrogens with one attached hydrogen (secondary N) is 1. The van der Waals surface area contributed by atoms with Gasteiger partial charge in [0.15, 0.2) is 0 Å². The van der Waals surface area contributed by atoms with Crippen molar-refractivity contribution in [1.29, 1.82) is 0 Å². The van der Waals surface area contributed by atoms with E-state index in [1.807, 2.05) is 12.1 Å². The molecule has 96 valence electrons. The lowest BCUT2D eigenvalue weighted by atomic mass is 10.2. The summed E-state index contributed by atoms with van der Waals surface area (Å²) >= 11 is 0. The number of carbonyl (C=O) groups is 2. The fourth-order valence-corrected chi connectivity index (χ4v) is 1.31. The van der Waals surface area contributed by atoms with E-state index in [0.29, 0.717) is 6.54 Å². The van der Waals surface area contributed by atoms with E-state index in [4.69, 9.17) is 4.74 Å². The fourth-order valence-electron chi connectivity index (χ4n) is 1.31. The van der Waals surface area contributed by atoms with Crippen molar-refractivity contribution in [2.24, 2.45) is 0 Å². The van der Waals surface area contributed by atoms with Gasteiger partial charge in [0.1, 0.15) is 5.75 Å². The van der Waals surface area contributed by atoms with Crippen LogP contribution in [-0.2, 0) is 16.1 Å². The van der Waals surface area contributed by atoms with Crippen LogP contribution in [0.25, 0.3) is 0 Å². The monoisotopic (exact) mass is 248 g/mol. The fraction of sp³-hybridized carbons (Fsp3) is 0.231. The summed E-state index contributed by atoms with van der Waals surface area (Å²) in [5.41, 5.74) is 0.994. The van der Waals surface area contributed by atoms with Crippen molar-refractivity contribution in [2.45, 2.75) is 13.5 Å². The van der Waals surface area contributed by atoms with Crippen LogP contribution < -0.4 is 15.2 Å². The molecule has 18 heavy (non-hydrogen) atoms. The molecule has 0 aliphatic carbocycles. The number of hydrogen-bond donors (Lipinski definition) is 1. The molecule has 0 spiro atoms. The average molecular weight is 248 g/mol. The summed E-state index contributed by atoms with van der Waals surface area (Å²) in [4.78, 5) is 21.8. The SMILES string of the molecule is COc1ccc(CNC(=O)/C(C)=C/C(=O)[O-])cc1. The Labute approximate surface area is 105 Å². The minimum Gasteiger partial charge on any atom is -0.545 e. The zero-order chi connectivity index (χ0) is 13.5. The molecule has 0 radical (unpaired) electrons. The number of carboxylic acids is 1. The molecule has 0 unspecified atom stereocenters. The quantitative estimate of drug-likeness (QED) is 0.744. The van der Waals surface area contributed by atoms with Crippen molar-refractivity contribution in [2.75, 3.05) is 7.11 Å². The minimum atomic E-state index is -1.38. The van der Waals surface area contributed by atoms with Gasteiger partial charge in [-0.25, -0.2) is 0 Å². The molecule has 5 heteroatoms. The van der Waals surface area contributed by atoms with Crippen LogP contribution in [0.3, 0.4) is 0 Å². The van der Waals surface area contributed by atoms with Crippen LogP contribution in [0.4, 0.5) is 0 Å². The predicted molar refractivity (Wildman–Crippen MR) is 63.6 cm³/mol. The normalized spacial score (nSPS) is 10.9. The Morgan fingerprint density at radius 2 is 1.94 bits per heavy atom. The van der Waals surface area contributed by atoms with Crippen LogP contribution in [0.2, 0.25) is 0 Å². The summed E-state index contributed by atoms with van der Waals surface area (Å²) in [6.07, 6.45) is 0.767. The van der Waals surface area contributed by atoms with Gasteiger partial charge in [0.25, 0.3) is 0 Å². The van der Waals surface area contributed by atoms with Gasteiger partial charge in [-0.1, -0.05) is 12.1 Å². The molecule has 1 amide bonds. The van der Waals surface area contributed by atoms with Gasteiger partial charge < -0.3 is 20.0 Å². The molecule has 0 heterocycles. The highest BCUT2D eigenvalue weighted by Crippen LogP contribution is 2.11. The minimum absolute atomic E-state index is 0.100. The number of amides is 1. The molecule has 5 nitrogen and oxygen atoms in total. The second-order valence-corrected chi connectivity index (χ2v) is 3.68. The number of hydrogen-bond acceptors (Lipinski definition) is 4. The largest absolute Gasteiger partial charge is 0.545 e. The highest BCUT2D eigenvalue weighted by molar-refractivity contribution is 5.97. The molecule has 0 bridgehead atoms. The van der Waals surface area contributed by atoms with Gasteiger partial charge in [-0.2, -0.15) is 0 Å². The Morgan fingerprint density at radius 1 is 1.33 bits per heavy atom. The van der Waals surface area contributed by atoms with E-state index in [9.17, 15) is 14.7 Å². The molecule has 0 fully saturated rings. The smallest absolute Gasteiger partial charge is 0.247 e. The van der Waals surface area contributed by atoms with Crippen LogP contribution in [0, 0.1) is 0 Å². The van der Waals surface area contributed by atoms with Crippen LogP contribution in [0.5, 0.6) is 5.75 Å². The van der Waals surface area contributed by atoms with E-state index in [-0.39, 0.29) is 5.57 Å². The number of ether oxygens (including phenoxy) is 1. The summed E-state index contributed by atoms with van der Waals surface area (Å²) in [5, 5.41) is 12.9. The lowest BCUT2D eigenvalue weighted by Gasteiger charge is -2.07. The van der Waals surface area contributed by atoms with Crippen molar-refractivity contribution in [3.8, 4) is 5.75 Å². The Kier molecular flexibility index (Phi) is 4.92. The molecule has 1 rings (SSSR count). The number of carbonyl (C=O) groups excluding carboxylic acids is 2. The van der Waals surface area contributed by atoms with Gasteiger partial charge in [0.05, 0.1) is 13.1 Å². The number of aliphatic carboxylic acids is 1. The zero-order valence-corrected chi connectivity index (χ0v) is 10.2. The summed E-state index contributed by atoms with van der Waals surface area (Å²) < 4.78 is 5.01. The van der Waals surface area contributed by atoms with Crippen molar-refractivity contribution in [1.82, 2.24) is 5.32 Å². The highest BCUT2D eigenvalue weighted by atomic mass is 16.5. The summed E-state index contributed by atoms with van der Waals surface area (Å²) in [6, 6.07) is 7.20. The summed E-state index contributed by atoms with van der Waals surface area (Å²) in [5.74, 6) is -1.08. The topological polar surface area (TPSA) is 78.5 Å². The molecular weight excluding hydrogens is 234 g/mol. The van der Waals surface area contributed by atoms with Gasteiger partial charge in [-0.05, 0) is 30.7 Å². The van der Waals surface area contributed by atoms with Gasteiger partial charge >= 0.3 is 0 Å². The van der Waals surface area contributed by atoms with Gasteiger partial charge in [-0.15, -0.1) is 0 Å². The van der Waals surface area contributed by atoms with E-state index in [2.05, 4.69) is 5.32 Å². The van der Waals surface area contributed by atoms with Crippen molar-refractivity contribution in [3.63, 3.8) is 0 Å². The number of benzene rings is 1. The first-order valence-corrected chi connectivity index (χ1v) is 5.33. The van der Waals surface area contributed by atoms with Crippen LogP contribution in [-0.4, -0.2) is 19.0 Å². The third-order valence-electron chi connectivity index (χ3n) is 2.30. The second-order valence-electron chi connectivity index (χ2n) is 3.68. The lowest BCUT2D eigenvalue weighted by molar-refractivity contribution is -0.297. The summed E-state index contributed by atoms with van der Waals surface area (Å²) in [6.45, 7) is 1.74. The number of methoxy groups -OCH3 is 1. The number of rotatable bonds is 5. The molecule has 1 aromatic rings. The zero-order valence-electron chi connectivity index (χ0n) is 10.2. The Balaban J connectivity index is 2.54. The first-order chi connectivity index (χ1) is 8.52. The third-order valence-corrected chi connectivity index (χ3v) is 2.30. The molecule has 0 saturated heterocycles.